The van der Waals surface area contributed by atoms with Gasteiger partial charge >= 0.3 is 11.7 Å². The predicted molar refractivity (Wildman–Crippen MR) is 122 cm³/mol. The second-order valence-corrected chi connectivity index (χ2v) is 8.30. The molecular formula is C24H25N3O7. The number of oxazole rings is 1. The van der Waals surface area contributed by atoms with Crippen molar-refractivity contribution in [3.05, 3.63) is 74.3 Å². The number of likely N-dealkylation sites (N-methyl/N-ethyl adjacent to an activating group) is 1. The van der Waals surface area contributed by atoms with Gasteiger partial charge in [-0.15, -0.1) is 0 Å². The molecule has 4 rings (SSSR count). The normalized spacial score (nSPS) is 15.0. The molecule has 34 heavy (non-hydrogen) atoms. The fraction of sp³-hybridized carbons (Fsp3) is 0.375. The van der Waals surface area contributed by atoms with Gasteiger partial charge in [0, 0.05) is 26.1 Å². The van der Waals surface area contributed by atoms with Crippen LogP contribution in [0.2, 0.25) is 0 Å². The van der Waals surface area contributed by atoms with Crippen molar-refractivity contribution >= 4 is 28.7 Å². The van der Waals surface area contributed by atoms with E-state index in [0.717, 1.165) is 24.8 Å². The molecule has 0 N–H and O–H groups in total. The number of aryl methyl sites for hydroxylation is 2. The van der Waals surface area contributed by atoms with Crippen LogP contribution in [-0.2, 0) is 27.3 Å². The van der Waals surface area contributed by atoms with Gasteiger partial charge in [-0.3, -0.25) is 24.3 Å². The third kappa shape index (κ3) is 4.85. The van der Waals surface area contributed by atoms with E-state index in [2.05, 4.69) is 6.07 Å². The molecule has 0 fully saturated rings. The molecule has 2 aromatic carbocycles. The first-order chi connectivity index (χ1) is 16.3. The first-order valence-electron chi connectivity index (χ1n) is 11.1. The van der Waals surface area contributed by atoms with Gasteiger partial charge in [0.25, 0.3) is 11.6 Å². The zero-order chi connectivity index (χ0) is 24.2. The predicted octanol–water partition coefficient (Wildman–Crippen LogP) is 3.36. The summed E-state index contributed by atoms with van der Waals surface area (Å²) in [5.41, 5.74) is 2.72. The molecule has 1 amide bonds. The summed E-state index contributed by atoms with van der Waals surface area (Å²) in [5, 5.41) is 10.9. The van der Waals surface area contributed by atoms with E-state index in [1.165, 1.54) is 28.3 Å². The largest absolute Gasteiger partial charge is 0.456 e. The van der Waals surface area contributed by atoms with Gasteiger partial charge in [0.1, 0.15) is 0 Å². The molecule has 0 bridgehead atoms. The quantitative estimate of drug-likeness (QED) is 0.282. The van der Waals surface area contributed by atoms with E-state index in [4.69, 9.17) is 9.15 Å². The molecule has 1 atom stereocenters. The minimum absolute atomic E-state index is 0.00928. The van der Waals surface area contributed by atoms with Crippen molar-refractivity contribution in [1.82, 2.24) is 9.47 Å². The van der Waals surface area contributed by atoms with E-state index in [1.807, 2.05) is 18.2 Å². The molecule has 0 spiro atoms. The number of rotatable bonds is 8. The standard InChI is InChI=1S/C24H25N3O7/c1-25(19-9-4-7-16-6-2-3-8-18(16)19)22(28)15-33-23(29)10-5-13-26-20-12-11-17(27(31)32)14-21(20)34-24(26)30/h2-3,6,8,11-12,14,19H,4-5,7,9-10,13,15H2,1H3. The molecule has 1 heterocycles. The van der Waals surface area contributed by atoms with Crippen LogP contribution in [0.15, 0.2) is 51.7 Å². The van der Waals surface area contributed by atoms with Gasteiger partial charge in [0.2, 0.25) is 0 Å². The number of ether oxygens (including phenoxy) is 1. The van der Waals surface area contributed by atoms with Crippen molar-refractivity contribution < 1.29 is 23.7 Å². The monoisotopic (exact) mass is 467 g/mol. The highest BCUT2D eigenvalue weighted by Gasteiger charge is 2.27. The van der Waals surface area contributed by atoms with Crippen molar-refractivity contribution in [1.29, 1.82) is 0 Å². The second-order valence-electron chi connectivity index (χ2n) is 8.30. The minimum atomic E-state index is -0.659. The third-order valence-electron chi connectivity index (χ3n) is 6.18. The summed E-state index contributed by atoms with van der Waals surface area (Å²) in [4.78, 5) is 48.8. The molecule has 1 unspecified atom stereocenters. The summed E-state index contributed by atoms with van der Waals surface area (Å²) in [6.07, 6.45) is 3.15. The summed E-state index contributed by atoms with van der Waals surface area (Å²) < 4.78 is 11.6. The molecule has 0 saturated heterocycles. The highest BCUT2D eigenvalue weighted by molar-refractivity contribution is 5.81. The van der Waals surface area contributed by atoms with Crippen molar-refractivity contribution in [2.45, 2.75) is 44.7 Å². The smallest absolute Gasteiger partial charge is 0.419 e. The summed E-state index contributed by atoms with van der Waals surface area (Å²) in [6.45, 7) is -0.169. The van der Waals surface area contributed by atoms with E-state index < -0.39 is 16.6 Å². The fourth-order valence-electron chi connectivity index (χ4n) is 4.38. The average molecular weight is 467 g/mol. The second kappa shape index (κ2) is 9.90. The maximum Gasteiger partial charge on any atom is 0.419 e. The van der Waals surface area contributed by atoms with Crippen LogP contribution in [-0.4, -0.2) is 39.9 Å². The maximum absolute atomic E-state index is 12.6. The summed E-state index contributed by atoms with van der Waals surface area (Å²) >= 11 is 0. The lowest BCUT2D eigenvalue weighted by atomic mass is 9.87. The Labute approximate surface area is 194 Å². The Morgan fingerprint density at radius 3 is 2.85 bits per heavy atom. The lowest BCUT2D eigenvalue weighted by molar-refractivity contribution is -0.384. The van der Waals surface area contributed by atoms with Gasteiger partial charge in [-0.2, -0.15) is 0 Å². The van der Waals surface area contributed by atoms with E-state index in [0.29, 0.717) is 5.52 Å². The number of aromatic nitrogens is 1. The van der Waals surface area contributed by atoms with E-state index >= 15 is 0 Å². The highest BCUT2D eigenvalue weighted by Crippen LogP contribution is 2.33. The number of amides is 1. The molecule has 3 aromatic rings. The summed E-state index contributed by atoms with van der Waals surface area (Å²) in [7, 11) is 1.73. The first-order valence-corrected chi connectivity index (χ1v) is 11.1. The first kappa shape index (κ1) is 23.2. The Bertz CT molecular complexity index is 1290. The Morgan fingerprint density at radius 1 is 1.26 bits per heavy atom. The number of fused-ring (bicyclic) bond motifs is 2. The Morgan fingerprint density at radius 2 is 2.06 bits per heavy atom. The van der Waals surface area contributed by atoms with Crippen LogP contribution >= 0.6 is 0 Å². The van der Waals surface area contributed by atoms with Crippen LogP contribution < -0.4 is 5.76 Å². The molecule has 1 aliphatic rings. The molecule has 1 aromatic heterocycles. The molecular weight excluding hydrogens is 442 g/mol. The number of hydrogen-bond acceptors (Lipinski definition) is 7. The maximum atomic E-state index is 12.6. The van der Waals surface area contributed by atoms with Crippen molar-refractivity contribution in [3.8, 4) is 0 Å². The molecule has 178 valence electrons. The van der Waals surface area contributed by atoms with Crippen LogP contribution in [0.1, 0.15) is 42.9 Å². The van der Waals surface area contributed by atoms with Gasteiger partial charge in [-0.05, 0) is 42.9 Å². The van der Waals surface area contributed by atoms with E-state index in [-0.39, 0.29) is 49.2 Å². The number of esters is 1. The molecule has 0 aliphatic heterocycles. The zero-order valence-corrected chi connectivity index (χ0v) is 18.8. The molecule has 10 heteroatoms. The number of hydrogen-bond donors (Lipinski definition) is 0. The van der Waals surface area contributed by atoms with Gasteiger partial charge in [0.15, 0.2) is 12.2 Å². The highest BCUT2D eigenvalue weighted by atomic mass is 16.6. The SMILES string of the molecule is CN(C(=O)COC(=O)CCCn1c(=O)oc2cc([N+](=O)[O-])ccc21)C1CCCc2ccccc21. The lowest BCUT2D eigenvalue weighted by Gasteiger charge is -2.33. The molecule has 0 radical (unpaired) electrons. The van der Waals surface area contributed by atoms with Gasteiger partial charge in [0.05, 0.1) is 22.5 Å². The Balaban J connectivity index is 1.28. The molecule has 10 nitrogen and oxygen atoms in total. The number of carbonyl (C=O) groups is 2. The van der Waals surface area contributed by atoms with E-state index in [1.54, 1.807) is 11.9 Å². The topological polar surface area (TPSA) is 125 Å². The number of nitrogens with zero attached hydrogens (tertiary/aromatic N) is 3. The van der Waals surface area contributed by atoms with Crippen LogP contribution in [0.25, 0.3) is 11.1 Å². The third-order valence-corrected chi connectivity index (χ3v) is 6.18. The molecule has 0 saturated carbocycles. The van der Waals surface area contributed by atoms with Crippen molar-refractivity contribution in [3.63, 3.8) is 0 Å². The van der Waals surface area contributed by atoms with Crippen LogP contribution in [0.5, 0.6) is 0 Å². The fourth-order valence-corrected chi connectivity index (χ4v) is 4.38. The van der Waals surface area contributed by atoms with Crippen LogP contribution in [0.3, 0.4) is 0 Å². The summed E-state index contributed by atoms with van der Waals surface area (Å²) in [6, 6.07) is 12.0. The zero-order valence-electron chi connectivity index (χ0n) is 18.8. The van der Waals surface area contributed by atoms with Crippen molar-refractivity contribution in [2.75, 3.05) is 13.7 Å². The number of nitro benzene ring substituents is 1. The number of nitro groups is 1. The summed E-state index contributed by atoms with van der Waals surface area (Å²) in [5.74, 6) is -1.47. The lowest BCUT2D eigenvalue weighted by Crippen LogP contribution is -2.36. The van der Waals surface area contributed by atoms with E-state index in [9.17, 15) is 24.5 Å². The van der Waals surface area contributed by atoms with Crippen LogP contribution in [0, 0.1) is 10.1 Å². The van der Waals surface area contributed by atoms with Gasteiger partial charge in [-0.1, -0.05) is 24.3 Å². The van der Waals surface area contributed by atoms with Crippen molar-refractivity contribution in [2.24, 2.45) is 0 Å². The van der Waals surface area contributed by atoms with Gasteiger partial charge in [-0.25, -0.2) is 4.79 Å². The average Bonchev–Trinajstić information content (AvgIpc) is 3.15. The minimum Gasteiger partial charge on any atom is -0.456 e. The number of carbonyl (C=O) groups excluding carboxylic acids is 2. The number of non-ortho nitro benzene ring substituents is 1. The number of benzene rings is 2. The van der Waals surface area contributed by atoms with Crippen LogP contribution in [0.4, 0.5) is 5.69 Å². The van der Waals surface area contributed by atoms with Gasteiger partial charge < -0.3 is 14.1 Å². The Hall–Kier alpha value is -3.95. The Kier molecular flexibility index (Phi) is 6.76. The molecule has 1 aliphatic carbocycles.